The second kappa shape index (κ2) is 11.0. The molecule has 37 heavy (non-hydrogen) atoms. The van der Waals surface area contributed by atoms with Gasteiger partial charge in [-0.25, -0.2) is 9.97 Å². The standard InChI is InChI=1S/C28H30N6O3/c1-2-4-15-35-24-8-6-7-19-18-30-27(33-25(19)24)31-20-9-10-23-22(17-20)26(36-16-5-3-1)34-28(32-23)37-21-11-13-29-14-12-21/h1,3,6-10,17-18,21,29H,2,4-5,11-16H2,(H,30,31,33)/b3-1+. The molecule has 2 N–H and O–H groups in total. The number of anilines is 2. The lowest BCUT2D eigenvalue weighted by molar-refractivity contribution is 0.147. The molecule has 1 fully saturated rings. The number of hydrogen-bond donors (Lipinski definition) is 2. The molecule has 190 valence electrons. The van der Waals surface area contributed by atoms with Crippen molar-refractivity contribution in [3.8, 4) is 17.6 Å². The number of rotatable bonds is 2. The summed E-state index contributed by atoms with van der Waals surface area (Å²) in [6.45, 7) is 3.01. The second-order valence-electron chi connectivity index (χ2n) is 9.22. The predicted molar refractivity (Wildman–Crippen MR) is 143 cm³/mol. The van der Waals surface area contributed by atoms with Crippen LogP contribution in [0.1, 0.15) is 32.1 Å². The monoisotopic (exact) mass is 498 g/mol. The molecule has 2 aliphatic heterocycles. The lowest BCUT2D eigenvalue weighted by atomic mass is 10.1. The van der Waals surface area contributed by atoms with Crippen molar-refractivity contribution in [1.29, 1.82) is 0 Å². The maximum Gasteiger partial charge on any atom is 0.320 e. The van der Waals surface area contributed by atoms with E-state index in [1.807, 2.05) is 42.6 Å². The molecule has 0 radical (unpaired) electrons. The maximum absolute atomic E-state index is 6.15. The van der Waals surface area contributed by atoms with Gasteiger partial charge in [0.25, 0.3) is 0 Å². The lowest BCUT2D eigenvalue weighted by Gasteiger charge is -2.23. The highest BCUT2D eigenvalue weighted by molar-refractivity contribution is 5.88. The molecule has 2 aromatic carbocycles. The summed E-state index contributed by atoms with van der Waals surface area (Å²) in [7, 11) is 0. The molecule has 0 unspecified atom stereocenters. The summed E-state index contributed by atoms with van der Waals surface area (Å²) in [6, 6.07) is 12.1. The molecule has 2 aromatic heterocycles. The minimum Gasteiger partial charge on any atom is -0.491 e. The Labute approximate surface area is 215 Å². The van der Waals surface area contributed by atoms with Crippen molar-refractivity contribution in [3.63, 3.8) is 0 Å². The van der Waals surface area contributed by atoms with E-state index in [9.17, 15) is 0 Å². The van der Waals surface area contributed by atoms with Crippen LogP contribution in [0.5, 0.6) is 17.6 Å². The zero-order valence-electron chi connectivity index (χ0n) is 20.7. The maximum atomic E-state index is 6.15. The Morgan fingerprint density at radius 1 is 0.919 bits per heavy atom. The Balaban J connectivity index is 1.36. The average Bonchev–Trinajstić information content (AvgIpc) is 2.92. The minimum atomic E-state index is 0.105. The first kappa shape index (κ1) is 23.4. The quantitative estimate of drug-likeness (QED) is 0.372. The third-order valence-corrected chi connectivity index (χ3v) is 6.49. The van der Waals surface area contributed by atoms with Gasteiger partial charge in [0.15, 0.2) is 0 Å². The first-order valence-corrected chi connectivity index (χ1v) is 12.9. The van der Waals surface area contributed by atoms with Gasteiger partial charge in [-0.3, -0.25) is 0 Å². The van der Waals surface area contributed by atoms with Gasteiger partial charge < -0.3 is 24.8 Å². The predicted octanol–water partition coefficient (Wildman–Crippen LogP) is 4.95. The van der Waals surface area contributed by atoms with Gasteiger partial charge in [0.2, 0.25) is 11.8 Å². The summed E-state index contributed by atoms with van der Waals surface area (Å²) in [6.07, 6.45) is 10.7. The first-order valence-electron chi connectivity index (χ1n) is 12.9. The number of nitrogens with zero attached hydrogens (tertiary/aromatic N) is 4. The Morgan fingerprint density at radius 3 is 2.78 bits per heavy atom. The van der Waals surface area contributed by atoms with Crippen LogP contribution in [0.2, 0.25) is 0 Å². The highest BCUT2D eigenvalue weighted by atomic mass is 16.5. The van der Waals surface area contributed by atoms with Crippen LogP contribution in [-0.4, -0.2) is 52.3 Å². The molecule has 0 amide bonds. The fourth-order valence-electron chi connectivity index (χ4n) is 4.56. The molecule has 0 atom stereocenters. The van der Waals surface area contributed by atoms with Crippen LogP contribution in [0.25, 0.3) is 21.8 Å². The van der Waals surface area contributed by atoms with Crippen LogP contribution >= 0.6 is 0 Å². The van der Waals surface area contributed by atoms with Gasteiger partial charge >= 0.3 is 6.01 Å². The average molecular weight is 499 g/mol. The lowest BCUT2D eigenvalue weighted by Crippen LogP contribution is -2.34. The number of piperidine rings is 1. The summed E-state index contributed by atoms with van der Waals surface area (Å²) in [5.74, 6) is 1.76. The Kier molecular flexibility index (Phi) is 6.94. The van der Waals surface area contributed by atoms with Gasteiger partial charge in [-0.1, -0.05) is 24.3 Å². The summed E-state index contributed by atoms with van der Waals surface area (Å²) < 4.78 is 18.3. The summed E-state index contributed by atoms with van der Waals surface area (Å²) in [4.78, 5) is 18.6. The largest absolute Gasteiger partial charge is 0.491 e. The van der Waals surface area contributed by atoms with Gasteiger partial charge in [0.05, 0.1) is 24.1 Å². The normalized spacial score (nSPS) is 17.9. The van der Waals surface area contributed by atoms with Gasteiger partial charge in [0, 0.05) is 17.3 Å². The van der Waals surface area contributed by atoms with Crippen LogP contribution < -0.4 is 24.8 Å². The first-order chi connectivity index (χ1) is 18.3. The summed E-state index contributed by atoms with van der Waals surface area (Å²) >= 11 is 0. The molecule has 9 nitrogen and oxygen atoms in total. The Bertz CT molecular complexity index is 1420. The zero-order chi connectivity index (χ0) is 24.9. The SMILES string of the molecule is C1=C/CCOc2nc(OC3CCNCC3)nc3ccc(cc23)Nc2ncc3cccc(c3n2)OCCC/1. The highest BCUT2D eigenvalue weighted by Gasteiger charge is 2.18. The van der Waals surface area contributed by atoms with Crippen molar-refractivity contribution < 1.29 is 14.2 Å². The van der Waals surface area contributed by atoms with E-state index in [-0.39, 0.29) is 6.10 Å². The molecule has 2 aliphatic rings. The van der Waals surface area contributed by atoms with Crippen LogP contribution in [-0.2, 0) is 0 Å². The fraction of sp³-hybridized carbons (Fsp3) is 0.357. The Morgan fingerprint density at radius 2 is 1.84 bits per heavy atom. The van der Waals surface area contributed by atoms with E-state index in [2.05, 4.69) is 37.7 Å². The van der Waals surface area contributed by atoms with Crippen LogP contribution in [0, 0.1) is 0 Å². The molecular formula is C28H30N6O3. The molecule has 9 heteroatoms. The number of para-hydroxylation sites is 1. The minimum absolute atomic E-state index is 0.105. The molecule has 1 saturated heterocycles. The summed E-state index contributed by atoms with van der Waals surface area (Å²) in [5.41, 5.74) is 2.36. The third-order valence-electron chi connectivity index (χ3n) is 6.49. The number of allylic oxidation sites excluding steroid dienone is 1. The number of aromatic nitrogens is 4. The van der Waals surface area contributed by atoms with E-state index >= 15 is 0 Å². The zero-order valence-corrected chi connectivity index (χ0v) is 20.7. The van der Waals surface area contributed by atoms with Gasteiger partial charge in [-0.2, -0.15) is 9.97 Å². The molecule has 0 spiro atoms. The Hall–Kier alpha value is -3.98. The second-order valence-corrected chi connectivity index (χ2v) is 9.22. The molecule has 4 heterocycles. The van der Waals surface area contributed by atoms with Crippen molar-refractivity contribution in [2.75, 3.05) is 31.6 Å². The molecule has 0 saturated carbocycles. The van der Waals surface area contributed by atoms with Gasteiger partial charge in [-0.05, 0) is 69.5 Å². The van der Waals surface area contributed by atoms with Crippen molar-refractivity contribution in [2.45, 2.75) is 38.2 Å². The van der Waals surface area contributed by atoms with Crippen LogP contribution in [0.3, 0.4) is 0 Å². The van der Waals surface area contributed by atoms with Crippen molar-refractivity contribution in [1.82, 2.24) is 25.3 Å². The van der Waals surface area contributed by atoms with Crippen molar-refractivity contribution in [3.05, 3.63) is 54.7 Å². The molecular weight excluding hydrogens is 468 g/mol. The summed E-state index contributed by atoms with van der Waals surface area (Å²) in [5, 5.41) is 8.41. The highest BCUT2D eigenvalue weighted by Crippen LogP contribution is 2.30. The van der Waals surface area contributed by atoms with E-state index in [0.29, 0.717) is 31.1 Å². The van der Waals surface area contributed by atoms with Crippen molar-refractivity contribution >= 4 is 33.4 Å². The van der Waals surface area contributed by atoms with E-state index in [1.54, 1.807) is 0 Å². The molecule has 6 rings (SSSR count). The number of benzene rings is 2. The third kappa shape index (κ3) is 5.56. The number of hydrogen-bond acceptors (Lipinski definition) is 9. The van der Waals surface area contributed by atoms with E-state index in [4.69, 9.17) is 19.2 Å². The van der Waals surface area contributed by atoms with Crippen LogP contribution in [0.4, 0.5) is 11.6 Å². The van der Waals surface area contributed by atoms with E-state index in [1.165, 1.54) is 0 Å². The number of fused-ring (bicyclic) bond motifs is 2. The smallest absolute Gasteiger partial charge is 0.320 e. The molecule has 4 aromatic rings. The van der Waals surface area contributed by atoms with Crippen LogP contribution in [0.15, 0.2) is 54.7 Å². The number of nitrogens with one attached hydrogen (secondary N) is 2. The molecule has 4 bridgehead atoms. The topological polar surface area (TPSA) is 103 Å². The van der Waals surface area contributed by atoms with Crippen molar-refractivity contribution in [2.24, 2.45) is 0 Å². The fourth-order valence-corrected chi connectivity index (χ4v) is 4.56. The van der Waals surface area contributed by atoms with Gasteiger partial charge in [0.1, 0.15) is 17.4 Å². The molecule has 0 aliphatic carbocycles. The van der Waals surface area contributed by atoms with E-state index in [0.717, 1.165) is 78.4 Å². The van der Waals surface area contributed by atoms with E-state index < -0.39 is 0 Å². The number of ether oxygens (including phenoxy) is 3. The van der Waals surface area contributed by atoms with Gasteiger partial charge in [-0.15, -0.1) is 0 Å².